The lowest BCUT2D eigenvalue weighted by Crippen LogP contribution is -2.09. The van der Waals surface area contributed by atoms with E-state index in [1.165, 1.54) is 0 Å². The Bertz CT molecular complexity index is 1100. The van der Waals surface area contributed by atoms with Gasteiger partial charge in [0, 0.05) is 5.39 Å². The van der Waals surface area contributed by atoms with E-state index in [1.54, 1.807) is 30.3 Å². The Balaban J connectivity index is 1.74. The summed E-state index contributed by atoms with van der Waals surface area (Å²) in [6, 6.07) is 24.2. The number of fused-ring (bicyclic) bond motifs is 1. The Morgan fingerprint density at radius 1 is 0.885 bits per heavy atom. The van der Waals surface area contributed by atoms with Gasteiger partial charge in [0.1, 0.15) is 18.1 Å². The third-order valence-electron chi connectivity index (χ3n) is 4.27. The monoisotopic (exact) mass is 343 g/mol. The van der Waals surface area contributed by atoms with Crippen molar-refractivity contribution in [3.8, 4) is 22.6 Å². The number of hydrogen-bond donors (Lipinski definition) is 2. The van der Waals surface area contributed by atoms with Crippen LogP contribution in [0.5, 0.6) is 11.5 Å². The summed E-state index contributed by atoms with van der Waals surface area (Å²) in [5, 5.41) is 11.3. The van der Waals surface area contributed by atoms with Gasteiger partial charge in [0.2, 0.25) is 0 Å². The molecule has 3 aromatic carbocycles. The summed E-state index contributed by atoms with van der Waals surface area (Å²) >= 11 is 0. The van der Waals surface area contributed by atoms with Gasteiger partial charge >= 0.3 is 0 Å². The van der Waals surface area contributed by atoms with Crippen molar-refractivity contribution in [2.45, 2.75) is 6.61 Å². The zero-order valence-electron chi connectivity index (χ0n) is 14.0. The second-order valence-electron chi connectivity index (χ2n) is 6.03. The molecule has 4 heteroatoms. The molecule has 0 unspecified atom stereocenters. The highest BCUT2D eigenvalue weighted by Gasteiger charge is 2.14. The molecule has 0 saturated heterocycles. The summed E-state index contributed by atoms with van der Waals surface area (Å²) in [5.74, 6) is 0.586. The molecule has 0 fully saturated rings. The highest BCUT2D eigenvalue weighted by Crippen LogP contribution is 2.33. The van der Waals surface area contributed by atoms with Gasteiger partial charge in [-0.2, -0.15) is 0 Å². The van der Waals surface area contributed by atoms with E-state index in [0.29, 0.717) is 28.8 Å². The normalized spacial score (nSPS) is 10.8. The first kappa shape index (κ1) is 16.0. The molecule has 4 aromatic rings. The minimum absolute atomic E-state index is 0.0416. The molecule has 0 aliphatic carbocycles. The molecular weight excluding hydrogens is 326 g/mol. The predicted molar refractivity (Wildman–Crippen MR) is 102 cm³/mol. The van der Waals surface area contributed by atoms with Crippen molar-refractivity contribution in [3.63, 3.8) is 0 Å². The number of H-pyrrole nitrogens is 1. The molecule has 0 bridgehead atoms. The first-order valence-corrected chi connectivity index (χ1v) is 8.33. The van der Waals surface area contributed by atoms with E-state index in [4.69, 9.17) is 4.74 Å². The maximum atomic E-state index is 12.4. The fourth-order valence-electron chi connectivity index (χ4n) is 2.96. The van der Waals surface area contributed by atoms with Crippen LogP contribution in [0.1, 0.15) is 5.56 Å². The molecule has 0 amide bonds. The number of pyridine rings is 1. The number of hydrogen-bond acceptors (Lipinski definition) is 3. The topological polar surface area (TPSA) is 62.3 Å². The summed E-state index contributed by atoms with van der Waals surface area (Å²) in [7, 11) is 0. The molecule has 2 N–H and O–H groups in total. The van der Waals surface area contributed by atoms with Crippen molar-refractivity contribution in [1.29, 1.82) is 0 Å². The van der Waals surface area contributed by atoms with Gasteiger partial charge in [0.25, 0.3) is 5.56 Å². The minimum Gasteiger partial charge on any atom is -0.506 e. The molecule has 0 radical (unpaired) electrons. The van der Waals surface area contributed by atoms with Gasteiger partial charge < -0.3 is 14.8 Å². The van der Waals surface area contributed by atoms with Gasteiger partial charge in [-0.3, -0.25) is 4.79 Å². The summed E-state index contributed by atoms with van der Waals surface area (Å²) in [6.45, 7) is 0.433. The number of ether oxygens (including phenoxy) is 1. The Hall–Kier alpha value is -3.53. The predicted octanol–water partition coefficient (Wildman–Crippen LogP) is 4.48. The number of benzene rings is 3. The molecule has 0 saturated carbocycles. The molecule has 0 atom stereocenters. The first-order chi connectivity index (χ1) is 12.7. The lowest BCUT2D eigenvalue weighted by atomic mass is 10.0. The second-order valence-corrected chi connectivity index (χ2v) is 6.03. The smallest absolute Gasteiger partial charge is 0.260 e. The molecule has 26 heavy (non-hydrogen) atoms. The van der Waals surface area contributed by atoms with Crippen molar-refractivity contribution in [3.05, 3.63) is 94.8 Å². The number of rotatable bonds is 4. The van der Waals surface area contributed by atoms with Crippen LogP contribution in [0.3, 0.4) is 0 Å². The number of nitrogens with one attached hydrogen (secondary N) is 1. The van der Waals surface area contributed by atoms with E-state index in [2.05, 4.69) is 4.98 Å². The molecule has 0 aliphatic rings. The maximum Gasteiger partial charge on any atom is 0.260 e. The average Bonchev–Trinajstić information content (AvgIpc) is 2.68. The van der Waals surface area contributed by atoms with Gasteiger partial charge in [0.15, 0.2) is 0 Å². The molecule has 0 aliphatic heterocycles. The number of aromatic nitrogens is 1. The van der Waals surface area contributed by atoms with Crippen LogP contribution in [-0.2, 0) is 6.61 Å². The van der Waals surface area contributed by atoms with Crippen LogP contribution in [0, 0.1) is 0 Å². The van der Waals surface area contributed by atoms with Crippen molar-refractivity contribution in [2.75, 3.05) is 0 Å². The van der Waals surface area contributed by atoms with Gasteiger partial charge in [-0.05, 0) is 29.3 Å². The van der Waals surface area contributed by atoms with Crippen molar-refractivity contribution < 1.29 is 9.84 Å². The lowest BCUT2D eigenvalue weighted by molar-refractivity contribution is 0.306. The maximum absolute atomic E-state index is 12.4. The Morgan fingerprint density at radius 2 is 1.58 bits per heavy atom. The zero-order chi connectivity index (χ0) is 17.9. The molecule has 1 heterocycles. The van der Waals surface area contributed by atoms with E-state index in [1.807, 2.05) is 48.5 Å². The molecule has 1 aromatic heterocycles. The van der Waals surface area contributed by atoms with E-state index in [-0.39, 0.29) is 16.9 Å². The Labute approximate surface area is 150 Å². The number of aromatic amines is 1. The third-order valence-corrected chi connectivity index (χ3v) is 4.27. The molecule has 0 spiro atoms. The summed E-state index contributed by atoms with van der Waals surface area (Å²) < 4.78 is 5.83. The minimum atomic E-state index is -0.320. The first-order valence-electron chi connectivity index (χ1n) is 8.33. The molecule has 4 nitrogen and oxygen atoms in total. The standard InChI is InChI=1S/C22H17NO3/c24-21-18-13-17(26-14-15-7-3-1-4-8-15)11-12-19(18)23-22(25)20(21)16-9-5-2-6-10-16/h1-13H,14H2,(H2,23,24,25). The van der Waals surface area contributed by atoms with Gasteiger partial charge in [0.05, 0.1) is 11.1 Å². The van der Waals surface area contributed by atoms with Crippen molar-refractivity contribution >= 4 is 10.9 Å². The molecule has 128 valence electrons. The van der Waals surface area contributed by atoms with E-state index in [9.17, 15) is 9.90 Å². The second kappa shape index (κ2) is 6.76. The fourth-order valence-corrected chi connectivity index (χ4v) is 2.96. The van der Waals surface area contributed by atoms with Crippen LogP contribution < -0.4 is 10.3 Å². The number of aromatic hydroxyl groups is 1. The zero-order valence-corrected chi connectivity index (χ0v) is 14.0. The Kier molecular flexibility index (Phi) is 4.15. The Morgan fingerprint density at radius 3 is 2.31 bits per heavy atom. The van der Waals surface area contributed by atoms with E-state index in [0.717, 1.165) is 5.56 Å². The van der Waals surface area contributed by atoms with E-state index < -0.39 is 0 Å². The van der Waals surface area contributed by atoms with Crippen LogP contribution in [0.2, 0.25) is 0 Å². The van der Waals surface area contributed by atoms with Crippen molar-refractivity contribution in [1.82, 2.24) is 4.98 Å². The lowest BCUT2D eigenvalue weighted by Gasteiger charge is -2.10. The fraction of sp³-hybridized carbons (Fsp3) is 0.0455. The van der Waals surface area contributed by atoms with Gasteiger partial charge in [-0.25, -0.2) is 0 Å². The summed E-state index contributed by atoms with van der Waals surface area (Å²) in [5.41, 5.74) is 2.24. The largest absolute Gasteiger partial charge is 0.506 e. The summed E-state index contributed by atoms with van der Waals surface area (Å²) in [4.78, 5) is 15.2. The van der Waals surface area contributed by atoms with Gasteiger partial charge in [-0.15, -0.1) is 0 Å². The quantitative estimate of drug-likeness (QED) is 0.574. The van der Waals surface area contributed by atoms with Crippen LogP contribution in [-0.4, -0.2) is 10.1 Å². The summed E-state index contributed by atoms with van der Waals surface area (Å²) in [6.07, 6.45) is 0. The van der Waals surface area contributed by atoms with Crippen LogP contribution in [0.25, 0.3) is 22.0 Å². The van der Waals surface area contributed by atoms with Gasteiger partial charge in [-0.1, -0.05) is 60.7 Å². The van der Waals surface area contributed by atoms with Crippen molar-refractivity contribution in [2.24, 2.45) is 0 Å². The highest BCUT2D eigenvalue weighted by molar-refractivity contribution is 5.92. The van der Waals surface area contributed by atoms with E-state index >= 15 is 0 Å². The third kappa shape index (κ3) is 3.05. The molecule has 4 rings (SSSR count). The molecular formula is C22H17NO3. The average molecular weight is 343 g/mol. The van der Waals surface area contributed by atoms with Crippen LogP contribution in [0.4, 0.5) is 0 Å². The van der Waals surface area contributed by atoms with Crippen LogP contribution in [0.15, 0.2) is 83.7 Å². The SMILES string of the molecule is O=c1[nH]c2ccc(OCc3ccccc3)cc2c(O)c1-c1ccccc1. The van der Waals surface area contributed by atoms with Crippen LogP contribution >= 0.6 is 0 Å². The highest BCUT2D eigenvalue weighted by atomic mass is 16.5.